The second-order valence-corrected chi connectivity index (χ2v) is 6.26. The van der Waals surface area contributed by atoms with Crippen molar-refractivity contribution in [3.63, 3.8) is 0 Å². The lowest BCUT2D eigenvalue weighted by molar-refractivity contribution is -0.132. The van der Waals surface area contributed by atoms with Crippen molar-refractivity contribution in [2.75, 3.05) is 61.1 Å². The van der Waals surface area contributed by atoms with Gasteiger partial charge in [0.05, 0.1) is 26.9 Å². The van der Waals surface area contributed by atoms with Crippen molar-refractivity contribution in [1.82, 2.24) is 15.1 Å². The Bertz CT molecular complexity index is 663. The van der Waals surface area contributed by atoms with Gasteiger partial charge in [-0.3, -0.25) is 9.59 Å². The monoisotopic (exact) mass is 415 g/mol. The SMILES string of the molecule is CNCCCC(=O)N1CCN(C(=O)c2ccc(OC)c(OC)c2OC)CC1.Cl. The van der Waals surface area contributed by atoms with Gasteiger partial charge in [-0.25, -0.2) is 0 Å². The number of nitrogens with one attached hydrogen (secondary N) is 1. The Kier molecular flexibility index (Phi) is 9.89. The number of carbonyl (C=O) groups excluding carboxylic acids is 2. The molecule has 0 aliphatic carbocycles. The summed E-state index contributed by atoms with van der Waals surface area (Å²) < 4.78 is 16.0. The van der Waals surface area contributed by atoms with E-state index in [1.165, 1.54) is 21.3 Å². The van der Waals surface area contributed by atoms with E-state index >= 15 is 0 Å². The molecule has 1 heterocycles. The molecule has 8 nitrogen and oxygen atoms in total. The highest BCUT2D eigenvalue weighted by atomic mass is 35.5. The number of hydrogen-bond donors (Lipinski definition) is 1. The minimum absolute atomic E-state index is 0. The van der Waals surface area contributed by atoms with E-state index in [4.69, 9.17) is 14.2 Å². The largest absolute Gasteiger partial charge is 0.493 e. The van der Waals surface area contributed by atoms with E-state index in [-0.39, 0.29) is 24.2 Å². The molecule has 1 aliphatic rings. The Labute approximate surface area is 172 Å². The van der Waals surface area contributed by atoms with E-state index in [0.29, 0.717) is 55.4 Å². The number of rotatable bonds is 8. The molecule has 1 aliphatic heterocycles. The average Bonchev–Trinajstić information content (AvgIpc) is 2.72. The standard InChI is InChI=1S/C19H29N3O5.ClH/c1-20-9-5-6-16(23)21-10-12-22(13-11-21)19(24)14-7-8-15(25-2)18(27-4)17(14)26-3;/h7-8,20H,5-6,9-13H2,1-4H3;1H. The molecule has 0 unspecified atom stereocenters. The van der Waals surface area contributed by atoms with E-state index in [1.807, 2.05) is 11.9 Å². The fourth-order valence-electron chi connectivity index (χ4n) is 3.17. The third-order valence-electron chi connectivity index (χ3n) is 4.67. The van der Waals surface area contributed by atoms with Gasteiger partial charge in [0.15, 0.2) is 11.5 Å². The van der Waals surface area contributed by atoms with Gasteiger partial charge in [0.2, 0.25) is 11.7 Å². The maximum Gasteiger partial charge on any atom is 0.257 e. The average molecular weight is 416 g/mol. The lowest BCUT2D eigenvalue weighted by Gasteiger charge is -2.35. The number of hydrogen-bond acceptors (Lipinski definition) is 6. The number of amides is 2. The molecule has 158 valence electrons. The van der Waals surface area contributed by atoms with Gasteiger partial charge in [-0.2, -0.15) is 0 Å². The zero-order valence-electron chi connectivity index (χ0n) is 16.9. The van der Waals surface area contributed by atoms with Gasteiger partial charge in [0, 0.05) is 32.6 Å². The normalized spacial score (nSPS) is 13.6. The Morgan fingerprint density at radius 1 is 0.964 bits per heavy atom. The smallest absolute Gasteiger partial charge is 0.257 e. The van der Waals surface area contributed by atoms with Crippen molar-refractivity contribution in [2.24, 2.45) is 0 Å². The minimum Gasteiger partial charge on any atom is -0.493 e. The number of ether oxygens (including phenoxy) is 3. The lowest BCUT2D eigenvalue weighted by Crippen LogP contribution is -2.50. The molecule has 9 heteroatoms. The number of halogens is 1. The first-order valence-corrected chi connectivity index (χ1v) is 9.08. The van der Waals surface area contributed by atoms with Crippen molar-refractivity contribution in [2.45, 2.75) is 12.8 Å². The topological polar surface area (TPSA) is 80.3 Å². The molecule has 0 bridgehead atoms. The van der Waals surface area contributed by atoms with E-state index in [9.17, 15) is 9.59 Å². The van der Waals surface area contributed by atoms with Gasteiger partial charge in [-0.05, 0) is 32.1 Å². The fourth-order valence-corrected chi connectivity index (χ4v) is 3.17. The quantitative estimate of drug-likeness (QED) is 0.647. The van der Waals surface area contributed by atoms with Gasteiger partial charge in [0.1, 0.15) is 0 Å². The first kappa shape index (κ1) is 23.8. The van der Waals surface area contributed by atoms with E-state index in [2.05, 4.69) is 5.32 Å². The van der Waals surface area contributed by atoms with Crippen LogP contribution in [0, 0.1) is 0 Å². The van der Waals surface area contributed by atoms with Crippen LogP contribution in [-0.4, -0.2) is 82.7 Å². The predicted octanol–water partition coefficient (Wildman–Crippen LogP) is 1.42. The van der Waals surface area contributed by atoms with Crippen LogP contribution < -0.4 is 19.5 Å². The van der Waals surface area contributed by atoms with Crippen LogP contribution in [0.2, 0.25) is 0 Å². The molecule has 0 saturated carbocycles. The molecule has 2 rings (SSSR count). The Hall–Kier alpha value is -2.19. The first-order chi connectivity index (χ1) is 13.1. The summed E-state index contributed by atoms with van der Waals surface area (Å²) in [5.41, 5.74) is 0.420. The summed E-state index contributed by atoms with van der Waals surface area (Å²) in [6.45, 7) is 2.89. The second kappa shape index (κ2) is 11.6. The van der Waals surface area contributed by atoms with Crippen molar-refractivity contribution in [3.05, 3.63) is 17.7 Å². The molecule has 0 radical (unpaired) electrons. The molecule has 1 N–H and O–H groups in total. The molecular formula is C19H30ClN3O5. The highest BCUT2D eigenvalue weighted by molar-refractivity contribution is 5.98. The zero-order valence-corrected chi connectivity index (χ0v) is 17.8. The molecule has 1 aromatic rings. The summed E-state index contributed by atoms with van der Waals surface area (Å²) >= 11 is 0. The van der Waals surface area contributed by atoms with Crippen LogP contribution in [0.3, 0.4) is 0 Å². The number of methoxy groups -OCH3 is 3. The van der Waals surface area contributed by atoms with Crippen LogP contribution in [0.4, 0.5) is 0 Å². The van der Waals surface area contributed by atoms with Crippen LogP contribution in [0.25, 0.3) is 0 Å². The van der Waals surface area contributed by atoms with Gasteiger partial charge in [-0.1, -0.05) is 0 Å². The van der Waals surface area contributed by atoms with Crippen molar-refractivity contribution >= 4 is 24.2 Å². The number of carbonyl (C=O) groups is 2. The zero-order chi connectivity index (χ0) is 19.8. The predicted molar refractivity (Wildman–Crippen MR) is 109 cm³/mol. The molecule has 28 heavy (non-hydrogen) atoms. The maximum atomic E-state index is 13.0. The Morgan fingerprint density at radius 3 is 2.11 bits per heavy atom. The summed E-state index contributed by atoms with van der Waals surface area (Å²) in [6, 6.07) is 3.37. The second-order valence-electron chi connectivity index (χ2n) is 6.26. The molecule has 1 saturated heterocycles. The van der Waals surface area contributed by atoms with Crippen LogP contribution in [0.1, 0.15) is 23.2 Å². The molecule has 0 spiro atoms. The van der Waals surface area contributed by atoms with E-state index in [0.717, 1.165) is 13.0 Å². The summed E-state index contributed by atoms with van der Waals surface area (Å²) in [6.07, 6.45) is 1.34. The van der Waals surface area contributed by atoms with Gasteiger partial charge >= 0.3 is 0 Å². The third kappa shape index (κ3) is 5.42. The van der Waals surface area contributed by atoms with Crippen molar-refractivity contribution < 1.29 is 23.8 Å². The Morgan fingerprint density at radius 2 is 1.57 bits per heavy atom. The van der Waals surface area contributed by atoms with Crippen molar-refractivity contribution in [1.29, 1.82) is 0 Å². The number of nitrogens with zero attached hydrogens (tertiary/aromatic N) is 2. The molecular weight excluding hydrogens is 386 g/mol. The van der Waals surface area contributed by atoms with Crippen LogP contribution >= 0.6 is 12.4 Å². The molecule has 1 fully saturated rings. The highest BCUT2D eigenvalue weighted by Crippen LogP contribution is 2.40. The van der Waals surface area contributed by atoms with E-state index in [1.54, 1.807) is 17.0 Å². The first-order valence-electron chi connectivity index (χ1n) is 9.08. The number of piperazine rings is 1. The maximum absolute atomic E-state index is 13.0. The summed E-state index contributed by atoms with van der Waals surface area (Å²) in [4.78, 5) is 28.8. The number of benzene rings is 1. The van der Waals surface area contributed by atoms with E-state index < -0.39 is 0 Å². The van der Waals surface area contributed by atoms with Gasteiger partial charge in [-0.15, -0.1) is 12.4 Å². The fraction of sp³-hybridized carbons (Fsp3) is 0.579. The van der Waals surface area contributed by atoms with Crippen LogP contribution in [0.15, 0.2) is 12.1 Å². The third-order valence-corrected chi connectivity index (χ3v) is 4.67. The van der Waals surface area contributed by atoms with Gasteiger partial charge < -0.3 is 29.3 Å². The molecule has 1 aromatic carbocycles. The minimum atomic E-state index is -0.143. The summed E-state index contributed by atoms with van der Waals surface area (Å²) in [7, 11) is 6.41. The van der Waals surface area contributed by atoms with Gasteiger partial charge in [0.25, 0.3) is 5.91 Å². The summed E-state index contributed by atoms with van der Waals surface area (Å²) in [5.74, 6) is 1.25. The molecule has 0 aromatic heterocycles. The molecule has 0 atom stereocenters. The summed E-state index contributed by atoms with van der Waals surface area (Å²) in [5, 5.41) is 3.04. The van der Waals surface area contributed by atoms with Crippen LogP contribution in [-0.2, 0) is 4.79 Å². The lowest BCUT2D eigenvalue weighted by atomic mass is 10.1. The molecule has 2 amide bonds. The van der Waals surface area contributed by atoms with Crippen LogP contribution in [0.5, 0.6) is 17.2 Å². The highest BCUT2D eigenvalue weighted by Gasteiger charge is 2.28. The van der Waals surface area contributed by atoms with Crippen molar-refractivity contribution in [3.8, 4) is 17.2 Å². The Balaban J connectivity index is 0.00000392.